The van der Waals surface area contributed by atoms with Crippen molar-refractivity contribution >= 4 is 11.9 Å². The molecular weight excluding hydrogens is 338 g/mol. The molecule has 3 atom stereocenters. The van der Waals surface area contributed by atoms with Crippen LogP contribution in [0.3, 0.4) is 0 Å². The van der Waals surface area contributed by atoms with Gasteiger partial charge in [-0.15, -0.1) is 0 Å². The SMILES string of the molecule is CC(C)NC(=O)N[C@H]1CC[C@H](CCNC(=O)C2CCOCC2)O[C@@H]1CO. The van der Waals surface area contributed by atoms with Crippen LogP contribution in [0, 0.1) is 5.92 Å². The number of carbonyl (C=O) groups excluding carboxylic acids is 2. The zero-order valence-electron chi connectivity index (χ0n) is 15.8. The Morgan fingerprint density at radius 1 is 1.15 bits per heavy atom. The lowest BCUT2D eigenvalue weighted by molar-refractivity contribution is -0.128. The average molecular weight is 371 g/mol. The zero-order chi connectivity index (χ0) is 18.9. The third-order valence-electron chi connectivity index (χ3n) is 4.89. The van der Waals surface area contributed by atoms with Crippen molar-refractivity contribution in [2.45, 2.75) is 70.2 Å². The van der Waals surface area contributed by atoms with E-state index in [1.807, 2.05) is 13.8 Å². The lowest BCUT2D eigenvalue weighted by atomic mass is 9.96. The minimum absolute atomic E-state index is 0.0200. The highest BCUT2D eigenvalue weighted by Crippen LogP contribution is 2.22. The van der Waals surface area contributed by atoms with Gasteiger partial charge < -0.3 is 30.5 Å². The van der Waals surface area contributed by atoms with E-state index >= 15 is 0 Å². The van der Waals surface area contributed by atoms with Crippen LogP contribution in [0.1, 0.15) is 46.0 Å². The molecular formula is C18H33N3O5. The Bertz CT molecular complexity index is 454. The average Bonchev–Trinajstić information content (AvgIpc) is 2.62. The number of aliphatic hydroxyl groups excluding tert-OH is 1. The number of nitrogens with one attached hydrogen (secondary N) is 3. The molecule has 3 amide bonds. The van der Waals surface area contributed by atoms with Crippen molar-refractivity contribution in [3.8, 4) is 0 Å². The number of amides is 3. The number of aliphatic hydroxyl groups is 1. The predicted molar refractivity (Wildman–Crippen MR) is 96.7 cm³/mol. The zero-order valence-corrected chi connectivity index (χ0v) is 15.8. The van der Waals surface area contributed by atoms with Crippen LogP contribution in [-0.2, 0) is 14.3 Å². The standard InChI is InChI=1S/C18H33N3O5/c1-12(2)20-18(24)21-15-4-3-14(26-16(15)11-22)5-8-19-17(23)13-6-9-25-10-7-13/h12-16,22H,3-11H2,1-2H3,(H,19,23)(H2,20,21,24)/t14-,15+,16-/m1/s1. The van der Waals surface area contributed by atoms with Crippen LogP contribution >= 0.6 is 0 Å². The van der Waals surface area contributed by atoms with Crippen LogP contribution in [0.5, 0.6) is 0 Å². The molecule has 4 N–H and O–H groups in total. The fourth-order valence-corrected chi connectivity index (χ4v) is 3.44. The van der Waals surface area contributed by atoms with Gasteiger partial charge in [0.1, 0.15) is 6.10 Å². The van der Waals surface area contributed by atoms with Crippen LogP contribution < -0.4 is 16.0 Å². The van der Waals surface area contributed by atoms with Crippen LogP contribution in [0.4, 0.5) is 4.79 Å². The summed E-state index contributed by atoms with van der Waals surface area (Å²) >= 11 is 0. The van der Waals surface area contributed by atoms with Gasteiger partial charge in [-0.1, -0.05) is 0 Å². The van der Waals surface area contributed by atoms with Gasteiger partial charge in [0.2, 0.25) is 5.91 Å². The molecule has 8 heteroatoms. The topological polar surface area (TPSA) is 109 Å². The summed E-state index contributed by atoms with van der Waals surface area (Å²) in [5, 5.41) is 18.2. The molecule has 2 aliphatic heterocycles. The van der Waals surface area contributed by atoms with Crippen LogP contribution in [0.25, 0.3) is 0 Å². The van der Waals surface area contributed by atoms with Crippen molar-refractivity contribution in [1.82, 2.24) is 16.0 Å². The maximum Gasteiger partial charge on any atom is 0.315 e. The van der Waals surface area contributed by atoms with Gasteiger partial charge in [0.25, 0.3) is 0 Å². The Morgan fingerprint density at radius 2 is 1.88 bits per heavy atom. The van der Waals surface area contributed by atoms with E-state index in [1.165, 1.54) is 0 Å². The van der Waals surface area contributed by atoms with E-state index < -0.39 is 6.10 Å². The lowest BCUT2D eigenvalue weighted by Gasteiger charge is -2.36. The predicted octanol–water partition coefficient (Wildman–Crippen LogP) is 0.535. The van der Waals surface area contributed by atoms with Crippen LogP contribution in [0.15, 0.2) is 0 Å². The van der Waals surface area contributed by atoms with Crippen LogP contribution in [0.2, 0.25) is 0 Å². The van der Waals surface area contributed by atoms with Gasteiger partial charge in [-0.05, 0) is 46.0 Å². The molecule has 2 aliphatic rings. The van der Waals surface area contributed by atoms with Crippen LogP contribution in [-0.4, -0.2) is 67.7 Å². The first kappa shape index (κ1) is 20.9. The highest BCUT2D eigenvalue weighted by Gasteiger charge is 2.32. The molecule has 0 spiro atoms. The molecule has 0 radical (unpaired) electrons. The largest absolute Gasteiger partial charge is 0.394 e. The summed E-state index contributed by atoms with van der Waals surface area (Å²) in [6, 6.07) is -0.389. The van der Waals surface area contributed by atoms with Gasteiger partial charge >= 0.3 is 6.03 Å². The molecule has 150 valence electrons. The molecule has 0 unspecified atom stereocenters. The number of ether oxygens (including phenoxy) is 2. The monoisotopic (exact) mass is 371 g/mol. The fraction of sp³-hybridized carbons (Fsp3) is 0.889. The molecule has 0 aliphatic carbocycles. The van der Waals surface area contributed by atoms with E-state index in [0.29, 0.717) is 26.2 Å². The quantitative estimate of drug-likeness (QED) is 0.522. The molecule has 0 aromatic rings. The Balaban J connectivity index is 1.69. The molecule has 0 aromatic carbocycles. The summed E-state index contributed by atoms with van der Waals surface area (Å²) < 4.78 is 11.2. The second kappa shape index (κ2) is 10.7. The minimum Gasteiger partial charge on any atom is -0.394 e. The maximum absolute atomic E-state index is 12.1. The van der Waals surface area contributed by atoms with Crippen molar-refractivity contribution in [1.29, 1.82) is 0 Å². The smallest absolute Gasteiger partial charge is 0.315 e. The first-order valence-corrected chi connectivity index (χ1v) is 9.68. The molecule has 2 rings (SSSR count). The van der Waals surface area contributed by atoms with Gasteiger partial charge in [-0.25, -0.2) is 4.79 Å². The van der Waals surface area contributed by atoms with E-state index in [0.717, 1.165) is 25.7 Å². The van der Waals surface area contributed by atoms with Crippen molar-refractivity contribution in [3.63, 3.8) is 0 Å². The molecule has 2 fully saturated rings. The molecule has 26 heavy (non-hydrogen) atoms. The first-order chi connectivity index (χ1) is 12.5. The minimum atomic E-state index is -0.419. The van der Waals surface area contributed by atoms with E-state index in [1.54, 1.807) is 0 Å². The first-order valence-electron chi connectivity index (χ1n) is 9.68. The van der Waals surface area contributed by atoms with Gasteiger partial charge in [-0.2, -0.15) is 0 Å². The second-order valence-electron chi connectivity index (χ2n) is 7.40. The highest BCUT2D eigenvalue weighted by atomic mass is 16.5. The molecule has 0 saturated carbocycles. The molecule has 8 nitrogen and oxygen atoms in total. The van der Waals surface area contributed by atoms with Gasteiger partial charge in [0, 0.05) is 31.7 Å². The highest BCUT2D eigenvalue weighted by molar-refractivity contribution is 5.78. The van der Waals surface area contributed by atoms with Crippen molar-refractivity contribution in [3.05, 3.63) is 0 Å². The van der Waals surface area contributed by atoms with Crippen molar-refractivity contribution in [2.24, 2.45) is 5.92 Å². The number of carbonyl (C=O) groups is 2. The number of hydrogen-bond acceptors (Lipinski definition) is 5. The van der Waals surface area contributed by atoms with E-state index in [4.69, 9.17) is 9.47 Å². The van der Waals surface area contributed by atoms with E-state index in [9.17, 15) is 14.7 Å². The Kier molecular flexibility index (Phi) is 8.61. The summed E-state index contributed by atoms with van der Waals surface area (Å²) in [4.78, 5) is 24.0. The third kappa shape index (κ3) is 6.74. The summed E-state index contributed by atoms with van der Waals surface area (Å²) in [5.41, 5.74) is 0. The number of rotatable bonds is 7. The third-order valence-corrected chi connectivity index (χ3v) is 4.89. The maximum atomic E-state index is 12.1. The van der Waals surface area contributed by atoms with Crippen molar-refractivity contribution in [2.75, 3.05) is 26.4 Å². The van der Waals surface area contributed by atoms with E-state index in [-0.39, 0.29) is 42.7 Å². The Morgan fingerprint density at radius 3 is 2.54 bits per heavy atom. The summed E-state index contributed by atoms with van der Waals surface area (Å²) in [6.45, 7) is 5.51. The Hall–Kier alpha value is -1.38. The van der Waals surface area contributed by atoms with Gasteiger partial charge in [-0.3, -0.25) is 4.79 Å². The summed E-state index contributed by atoms with van der Waals surface area (Å²) in [5.74, 6) is 0.141. The summed E-state index contributed by atoms with van der Waals surface area (Å²) in [6.07, 6.45) is 3.36. The van der Waals surface area contributed by atoms with Crippen molar-refractivity contribution < 1.29 is 24.2 Å². The van der Waals surface area contributed by atoms with E-state index in [2.05, 4.69) is 16.0 Å². The summed E-state index contributed by atoms with van der Waals surface area (Å²) in [7, 11) is 0. The Labute approximate surface area is 155 Å². The molecule has 2 saturated heterocycles. The normalized spacial score (nSPS) is 27.2. The van der Waals surface area contributed by atoms with Gasteiger partial charge in [0.15, 0.2) is 0 Å². The van der Waals surface area contributed by atoms with Gasteiger partial charge in [0.05, 0.1) is 18.8 Å². The molecule has 0 aromatic heterocycles. The number of urea groups is 1. The number of hydrogen-bond donors (Lipinski definition) is 4. The fourth-order valence-electron chi connectivity index (χ4n) is 3.44. The lowest BCUT2D eigenvalue weighted by Crippen LogP contribution is -2.54. The second-order valence-corrected chi connectivity index (χ2v) is 7.40. The molecule has 0 bridgehead atoms. The molecule has 2 heterocycles.